The fourth-order valence-corrected chi connectivity index (χ4v) is 2.19. The highest BCUT2D eigenvalue weighted by molar-refractivity contribution is 5.84. The third kappa shape index (κ3) is 3.95. The van der Waals surface area contributed by atoms with Crippen molar-refractivity contribution in [2.45, 2.75) is 19.4 Å². The molecule has 1 saturated heterocycles. The van der Waals surface area contributed by atoms with Gasteiger partial charge in [0.2, 0.25) is 0 Å². The minimum Gasteiger partial charge on any atom is -0.484 e. The maximum atomic E-state index is 12.1. The Labute approximate surface area is 123 Å². The van der Waals surface area contributed by atoms with Crippen LogP contribution in [-0.4, -0.2) is 54.3 Å². The van der Waals surface area contributed by atoms with Gasteiger partial charge in [0.05, 0.1) is 13.2 Å². The summed E-state index contributed by atoms with van der Waals surface area (Å²) in [5, 5.41) is 9.10. The summed E-state index contributed by atoms with van der Waals surface area (Å²) in [6.07, 6.45) is 0.885. The number of aryl methyl sites for hydroxylation is 1. The summed E-state index contributed by atoms with van der Waals surface area (Å²) in [4.78, 5) is 24.5. The Bertz CT molecular complexity index is 517. The molecule has 1 N–H and O–H groups in total. The van der Waals surface area contributed by atoms with Gasteiger partial charge in [0.15, 0.2) is 12.6 Å². The molecule has 1 unspecified atom stereocenters. The lowest BCUT2D eigenvalue weighted by Crippen LogP contribution is -2.53. The van der Waals surface area contributed by atoms with Gasteiger partial charge in [-0.3, -0.25) is 4.79 Å². The second-order valence-electron chi connectivity index (χ2n) is 4.81. The van der Waals surface area contributed by atoms with E-state index in [4.69, 9.17) is 14.6 Å². The molecule has 0 bridgehead atoms. The van der Waals surface area contributed by atoms with Gasteiger partial charge in [0, 0.05) is 6.54 Å². The number of ether oxygens (including phenoxy) is 2. The second kappa shape index (κ2) is 7.08. The van der Waals surface area contributed by atoms with Crippen molar-refractivity contribution in [3.8, 4) is 5.75 Å². The van der Waals surface area contributed by atoms with Gasteiger partial charge in [0.1, 0.15) is 5.75 Å². The van der Waals surface area contributed by atoms with E-state index in [-0.39, 0.29) is 25.7 Å². The highest BCUT2D eigenvalue weighted by Gasteiger charge is 2.32. The fraction of sp³-hybridized carbons (Fsp3) is 0.467. The van der Waals surface area contributed by atoms with Gasteiger partial charge >= 0.3 is 5.97 Å². The average molecular weight is 293 g/mol. The Balaban J connectivity index is 1.95. The molecule has 0 spiro atoms. The third-order valence-electron chi connectivity index (χ3n) is 3.40. The van der Waals surface area contributed by atoms with Crippen LogP contribution in [0.4, 0.5) is 0 Å². The van der Waals surface area contributed by atoms with Crippen LogP contribution in [0.5, 0.6) is 5.75 Å². The molecule has 6 heteroatoms. The molecular weight excluding hydrogens is 274 g/mol. The number of hydrogen-bond donors (Lipinski definition) is 1. The molecular formula is C15H19NO5. The van der Waals surface area contributed by atoms with E-state index in [0.29, 0.717) is 12.4 Å². The van der Waals surface area contributed by atoms with Crippen molar-refractivity contribution < 1.29 is 24.2 Å². The van der Waals surface area contributed by atoms with E-state index in [0.717, 1.165) is 12.0 Å². The molecule has 1 fully saturated rings. The molecule has 0 saturated carbocycles. The van der Waals surface area contributed by atoms with E-state index in [9.17, 15) is 9.59 Å². The highest BCUT2D eigenvalue weighted by atomic mass is 16.5. The Kier molecular flexibility index (Phi) is 5.16. The Morgan fingerprint density at radius 2 is 2.29 bits per heavy atom. The van der Waals surface area contributed by atoms with Gasteiger partial charge in [-0.15, -0.1) is 0 Å². The maximum Gasteiger partial charge on any atom is 0.328 e. The Morgan fingerprint density at radius 3 is 3.00 bits per heavy atom. The summed E-state index contributed by atoms with van der Waals surface area (Å²) in [5.41, 5.74) is 1.12. The Morgan fingerprint density at radius 1 is 1.48 bits per heavy atom. The number of benzene rings is 1. The summed E-state index contributed by atoms with van der Waals surface area (Å²) in [6, 6.07) is 6.57. The zero-order valence-corrected chi connectivity index (χ0v) is 11.9. The van der Waals surface area contributed by atoms with Crippen molar-refractivity contribution in [1.82, 2.24) is 4.90 Å². The van der Waals surface area contributed by atoms with Crippen LogP contribution in [0.3, 0.4) is 0 Å². The zero-order chi connectivity index (χ0) is 15.2. The summed E-state index contributed by atoms with van der Waals surface area (Å²) in [7, 11) is 0. The van der Waals surface area contributed by atoms with Crippen LogP contribution in [0.15, 0.2) is 24.3 Å². The number of aliphatic carboxylic acids is 1. The summed E-state index contributed by atoms with van der Waals surface area (Å²) < 4.78 is 10.6. The number of carboxylic acids is 1. The molecule has 6 nitrogen and oxygen atoms in total. The predicted molar refractivity (Wildman–Crippen MR) is 75.3 cm³/mol. The van der Waals surface area contributed by atoms with Crippen LogP contribution >= 0.6 is 0 Å². The molecule has 1 amide bonds. The van der Waals surface area contributed by atoms with Gasteiger partial charge in [-0.25, -0.2) is 4.79 Å². The molecule has 1 heterocycles. The van der Waals surface area contributed by atoms with Crippen molar-refractivity contribution in [1.29, 1.82) is 0 Å². The largest absolute Gasteiger partial charge is 0.484 e. The first kappa shape index (κ1) is 15.3. The van der Waals surface area contributed by atoms with Crippen LogP contribution in [-0.2, 0) is 20.7 Å². The zero-order valence-electron chi connectivity index (χ0n) is 11.9. The van der Waals surface area contributed by atoms with Crippen LogP contribution in [0.25, 0.3) is 0 Å². The standard InChI is InChI=1S/C15H19NO5/c1-2-11-4-3-5-12(8-11)21-10-14(17)16-6-7-20-9-13(16)15(18)19/h3-5,8,13H,2,6-7,9-10H2,1H3,(H,18,19). The number of carbonyl (C=O) groups is 2. The Hall–Kier alpha value is -2.08. The van der Waals surface area contributed by atoms with Crippen molar-refractivity contribution in [2.75, 3.05) is 26.4 Å². The highest BCUT2D eigenvalue weighted by Crippen LogP contribution is 2.14. The normalized spacial score (nSPS) is 18.3. The average Bonchev–Trinajstić information content (AvgIpc) is 2.52. The smallest absolute Gasteiger partial charge is 0.328 e. The lowest BCUT2D eigenvalue weighted by molar-refractivity contribution is -0.159. The van der Waals surface area contributed by atoms with Crippen molar-refractivity contribution >= 4 is 11.9 Å². The number of carboxylic acid groups (broad SMARTS) is 1. The van der Waals surface area contributed by atoms with E-state index in [2.05, 4.69) is 0 Å². The summed E-state index contributed by atoms with van der Waals surface area (Å²) in [6.45, 7) is 2.51. The summed E-state index contributed by atoms with van der Waals surface area (Å²) in [5.74, 6) is -0.786. The molecule has 2 rings (SSSR count). The fourth-order valence-electron chi connectivity index (χ4n) is 2.19. The minimum absolute atomic E-state index is 0.0202. The lowest BCUT2D eigenvalue weighted by Gasteiger charge is -2.32. The van der Waals surface area contributed by atoms with Crippen LogP contribution in [0, 0.1) is 0 Å². The van der Waals surface area contributed by atoms with E-state index < -0.39 is 12.0 Å². The summed E-state index contributed by atoms with van der Waals surface area (Å²) >= 11 is 0. The molecule has 1 aromatic carbocycles. The maximum absolute atomic E-state index is 12.1. The van der Waals surface area contributed by atoms with E-state index >= 15 is 0 Å². The van der Waals surface area contributed by atoms with Crippen molar-refractivity contribution in [2.24, 2.45) is 0 Å². The topological polar surface area (TPSA) is 76.1 Å². The van der Waals surface area contributed by atoms with Crippen LogP contribution in [0.1, 0.15) is 12.5 Å². The van der Waals surface area contributed by atoms with Crippen molar-refractivity contribution in [3.05, 3.63) is 29.8 Å². The lowest BCUT2D eigenvalue weighted by atomic mass is 10.2. The minimum atomic E-state index is -1.06. The van der Waals surface area contributed by atoms with Gasteiger partial charge < -0.3 is 19.5 Å². The molecule has 21 heavy (non-hydrogen) atoms. The SMILES string of the molecule is CCc1cccc(OCC(=O)N2CCOCC2C(=O)O)c1. The van der Waals surface area contributed by atoms with Crippen LogP contribution < -0.4 is 4.74 Å². The molecule has 1 aliphatic rings. The van der Waals surface area contributed by atoms with Crippen LogP contribution in [0.2, 0.25) is 0 Å². The van der Waals surface area contributed by atoms with Gasteiger partial charge in [-0.1, -0.05) is 19.1 Å². The van der Waals surface area contributed by atoms with Crippen molar-refractivity contribution in [3.63, 3.8) is 0 Å². The first-order valence-electron chi connectivity index (χ1n) is 6.93. The molecule has 0 aromatic heterocycles. The van der Waals surface area contributed by atoms with Gasteiger partial charge in [0.25, 0.3) is 5.91 Å². The molecule has 0 radical (unpaired) electrons. The number of carbonyl (C=O) groups excluding carboxylic acids is 1. The number of morpholine rings is 1. The number of rotatable bonds is 5. The van der Waals surface area contributed by atoms with Gasteiger partial charge in [-0.05, 0) is 24.1 Å². The second-order valence-corrected chi connectivity index (χ2v) is 4.81. The van der Waals surface area contributed by atoms with E-state index in [1.54, 1.807) is 6.07 Å². The molecule has 1 aliphatic heterocycles. The quantitative estimate of drug-likeness (QED) is 0.874. The van der Waals surface area contributed by atoms with E-state index in [1.165, 1.54) is 4.90 Å². The number of hydrogen-bond acceptors (Lipinski definition) is 4. The monoisotopic (exact) mass is 293 g/mol. The molecule has 1 aromatic rings. The first-order valence-corrected chi connectivity index (χ1v) is 6.93. The first-order chi connectivity index (χ1) is 10.1. The molecule has 1 atom stereocenters. The molecule has 114 valence electrons. The van der Waals surface area contributed by atoms with Gasteiger partial charge in [-0.2, -0.15) is 0 Å². The van der Waals surface area contributed by atoms with E-state index in [1.807, 2.05) is 25.1 Å². The third-order valence-corrected chi connectivity index (χ3v) is 3.40. The predicted octanol–water partition coefficient (Wildman–Crippen LogP) is 0.940. The molecule has 0 aliphatic carbocycles. The number of nitrogens with zero attached hydrogens (tertiary/aromatic N) is 1. The number of amides is 1.